The van der Waals surface area contributed by atoms with Crippen LogP contribution >= 0.6 is 0 Å². The number of amides is 1. The van der Waals surface area contributed by atoms with E-state index in [0.717, 1.165) is 36.6 Å². The van der Waals surface area contributed by atoms with Crippen LogP contribution in [-0.4, -0.2) is 44.7 Å². The van der Waals surface area contributed by atoms with E-state index >= 15 is 0 Å². The molecular weight excluding hydrogens is 256 g/mol. The van der Waals surface area contributed by atoms with Crippen LogP contribution in [-0.2, 0) is 11.3 Å². The van der Waals surface area contributed by atoms with Gasteiger partial charge in [-0.3, -0.25) is 4.79 Å². The van der Waals surface area contributed by atoms with Crippen LogP contribution in [0.5, 0.6) is 11.5 Å². The highest BCUT2D eigenvalue weighted by Gasteiger charge is 2.22. The SMILES string of the molecule is COc1ccc(CNC2CCC(=O)N(C)C2)cc1OC. The van der Waals surface area contributed by atoms with Crippen LogP contribution in [0, 0.1) is 0 Å². The number of hydrogen-bond donors (Lipinski definition) is 1. The summed E-state index contributed by atoms with van der Waals surface area (Å²) in [5.74, 6) is 1.70. The van der Waals surface area contributed by atoms with Gasteiger partial charge >= 0.3 is 0 Å². The summed E-state index contributed by atoms with van der Waals surface area (Å²) in [4.78, 5) is 13.2. The first-order valence-corrected chi connectivity index (χ1v) is 6.82. The molecule has 110 valence electrons. The van der Waals surface area contributed by atoms with Gasteiger partial charge in [0, 0.05) is 32.6 Å². The number of nitrogens with zero attached hydrogens (tertiary/aromatic N) is 1. The molecule has 1 aromatic rings. The van der Waals surface area contributed by atoms with Crippen molar-refractivity contribution in [1.29, 1.82) is 0 Å². The molecule has 2 rings (SSSR count). The number of likely N-dealkylation sites (N-methyl/N-ethyl adjacent to an activating group) is 1. The smallest absolute Gasteiger partial charge is 0.222 e. The van der Waals surface area contributed by atoms with Crippen molar-refractivity contribution in [3.05, 3.63) is 23.8 Å². The minimum atomic E-state index is 0.231. The molecule has 1 N–H and O–H groups in total. The average Bonchev–Trinajstić information content (AvgIpc) is 2.48. The molecule has 1 unspecified atom stereocenters. The maximum absolute atomic E-state index is 11.4. The zero-order valence-electron chi connectivity index (χ0n) is 12.3. The van der Waals surface area contributed by atoms with E-state index in [-0.39, 0.29) is 5.91 Å². The van der Waals surface area contributed by atoms with Gasteiger partial charge in [0.15, 0.2) is 11.5 Å². The Morgan fingerprint density at radius 1 is 1.30 bits per heavy atom. The number of carbonyl (C=O) groups excluding carboxylic acids is 1. The normalized spacial score (nSPS) is 19.1. The lowest BCUT2D eigenvalue weighted by molar-refractivity contribution is -0.132. The van der Waals surface area contributed by atoms with Crippen LogP contribution in [0.25, 0.3) is 0 Å². The van der Waals surface area contributed by atoms with E-state index in [1.807, 2.05) is 25.2 Å². The Morgan fingerprint density at radius 3 is 2.70 bits per heavy atom. The molecule has 1 aliphatic rings. The Balaban J connectivity index is 1.92. The number of hydrogen-bond acceptors (Lipinski definition) is 4. The zero-order valence-corrected chi connectivity index (χ0v) is 12.3. The standard InChI is InChI=1S/C15H22N2O3/c1-17-10-12(5-7-15(17)18)16-9-11-4-6-13(19-2)14(8-11)20-3/h4,6,8,12,16H,5,7,9-10H2,1-3H3. The van der Waals surface area contributed by atoms with Gasteiger partial charge in [0.2, 0.25) is 5.91 Å². The molecule has 1 aromatic carbocycles. The Labute approximate surface area is 119 Å². The summed E-state index contributed by atoms with van der Waals surface area (Å²) in [6.07, 6.45) is 1.52. The summed E-state index contributed by atoms with van der Waals surface area (Å²) in [7, 11) is 5.12. The summed E-state index contributed by atoms with van der Waals surface area (Å²) >= 11 is 0. The Morgan fingerprint density at radius 2 is 2.05 bits per heavy atom. The van der Waals surface area contributed by atoms with Crippen LogP contribution in [0.3, 0.4) is 0 Å². The summed E-state index contributed by atoms with van der Waals surface area (Å²) in [6.45, 7) is 1.53. The summed E-state index contributed by atoms with van der Waals surface area (Å²) < 4.78 is 10.5. The lowest BCUT2D eigenvalue weighted by Crippen LogP contribution is -2.46. The minimum absolute atomic E-state index is 0.231. The van der Waals surface area contributed by atoms with E-state index < -0.39 is 0 Å². The van der Waals surface area contributed by atoms with E-state index in [2.05, 4.69) is 5.32 Å². The summed E-state index contributed by atoms with van der Waals surface area (Å²) in [6, 6.07) is 6.26. The number of carbonyl (C=O) groups is 1. The lowest BCUT2D eigenvalue weighted by atomic mass is 10.1. The van der Waals surface area contributed by atoms with Gasteiger partial charge in [-0.1, -0.05) is 6.07 Å². The first-order valence-electron chi connectivity index (χ1n) is 6.82. The van der Waals surface area contributed by atoms with E-state index in [4.69, 9.17) is 9.47 Å². The van der Waals surface area contributed by atoms with Crippen LogP contribution in [0.1, 0.15) is 18.4 Å². The third-order valence-electron chi connectivity index (χ3n) is 3.67. The third kappa shape index (κ3) is 3.42. The fourth-order valence-electron chi connectivity index (χ4n) is 2.43. The molecular formula is C15H22N2O3. The van der Waals surface area contributed by atoms with Crippen molar-refractivity contribution in [2.75, 3.05) is 27.8 Å². The Hall–Kier alpha value is -1.75. The fourth-order valence-corrected chi connectivity index (χ4v) is 2.43. The minimum Gasteiger partial charge on any atom is -0.493 e. The molecule has 5 heteroatoms. The molecule has 0 saturated carbocycles. The third-order valence-corrected chi connectivity index (χ3v) is 3.67. The van der Waals surface area contributed by atoms with Gasteiger partial charge in [-0.2, -0.15) is 0 Å². The Bertz CT molecular complexity index is 476. The van der Waals surface area contributed by atoms with Crippen LogP contribution in [0.2, 0.25) is 0 Å². The summed E-state index contributed by atoms with van der Waals surface area (Å²) in [5.41, 5.74) is 1.14. The highest BCUT2D eigenvalue weighted by molar-refractivity contribution is 5.76. The first-order chi connectivity index (χ1) is 9.63. The number of rotatable bonds is 5. The van der Waals surface area contributed by atoms with Crippen LogP contribution in [0.4, 0.5) is 0 Å². The first kappa shape index (κ1) is 14.7. The summed E-state index contributed by atoms with van der Waals surface area (Å²) in [5, 5.41) is 3.49. The Kier molecular flexibility index (Phi) is 4.84. The molecule has 0 aliphatic carbocycles. The molecule has 1 heterocycles. The van der Waals surface area contributed by atoms with Gasteiger partial charge < -0.3 is 19.7 Å². The quantitative estimate of drug-likeness (QED) is 0.885. The molecule has 0 aromatic heterocycles. The van der Waals surface area contributed by atoms with Crippen molar-refractivity contribution in [1.82, 2.24) is 10.2 Å². The van der Waals surface area contributed by atoms with E-state index in [0.29, 0.717) is 12.5 Å². The number of nitrogens with one attached hydrogen (secondary N) is 1. The molecule has 1 saturated heterocycles. The van der Waals surface area contributed by atoms with Crippen molar-refractivity contribution >= 4 is 5.91 Å². The zero-order chi connectivity index (χ0) is 14.5. The second kappa shape index (κ2) is 6.61. The number of piperidine rings is 1. The van der Waals surface area contributed by atoms with E-state index in [9.17, 15) is 4.79 Å². The average molecular weight is 278 g/mol. The predicted octanol–water partition coefficient (Wildman–Crippen LogP) is 1.41. The van der Waals surface area contributed by atoms with Crippen LogP contribution in [0.15, 0.2) is 18.2 Å². The maximum Gasteiger partial charge on any atom is 0.222 e. The maximum atomic E-state index is 11.4. The van der Waals surface area contributed by atoms with Gasteiger partial charge in [0.05, 0.1) is 14.2 Å². The monoisotopic (exact) mass is 278 g/mol. The second-order valence-electron chi connectivity index (χ2n) is 5.08. The lowest BCUT2D eigenvalue weighted by Gasteiger charge is -2.30. The predicted molar refractivity (Wildman–Crippen MR) is 77.0 cm³/mol. The molecule has 1 amide bonds. The number of likely N-dealkylation sites (tertiary alicyclic amines) is 1. The molecule has 1 atom stereocenters. The van der Waals surface area contributed by atoms with Crippen LogP contribution < -0.4 is 14.8 Å². The number of ether oxygens (including phenoxy) is 2. The largest absolute Gasteiger partial charge is 0.493 e. The van der Waals surface area contributed by atoms with Gasteiger partial charge in [0.25, 0.3) is 0 Å². The molecule has 20 heavy (non-hydrogen) atoms. The van der Waals surface area contributed by atoms with Crippen molar-refractivity contribution in [3.63, 3.8) is 0 Å². The van der Waals surface area contributed by atoms with Gasteiger partial charge in [-0.25, -0.2) is 0 Å². The van der Waals surface area contributed by atoms with Crippen molar-refractivity contribution in [2.45, 2.75) is 25.4 Å². The van der Waals surface area contributed by atoms with Gasteiger partial charge in [-0.05, 0) is 24.1 Å². The molecule has 1 fully saturated rings. The highest BCUT2D eigenvalue weighted by Crippen LogP contribution is 2.27. The number of benzene rings is 1. The van der Waals surface area contributed by atoms with Crippen molar-refractivity contribution in [3.8, 4) is 11.5 Å². The molecule has 1 aliphatic heterocycles. The van der Waals surface area contributed by atoms with Gasteiger partial charge in [0.1, 0.15) is 0 Å². The molecule has 5 nitrogen and oxygen atoms in total. The molecule has 0 radical (unpaired) electrons. The second-order valence-corrected chi connectivity index (χ2v) is 5.08. The van der Waals surface area contributed by atoms with E-state index in [1.54, 1.807) is 19.1 Å². The highest BCUT2D eigenvalue weighted by atomic mass is 16.5. The molecule has 0 spiro atoms. The van der Waals surface area contributed by atoms with Crippen molar-refractivity contribution in [2.24, 2.45) is 0 Å². The van der Waals surface area contributed by atoms with Crippen molar-refractivity contribution < 1.29 is 14.3 Å². The molecule has 0 bridgehead atoms. The van der Waals surface area contributed by atoms with E-state index in [1.165, 1.54) is 0 Å². The van der Waals surface area contributed by atoms with Gasteiger partial charge in [-0.15, -0.1) is 0 Å². The number of methoxy groups -OCH3 is 2. The topological polar surface area (TPSA) is 50.8 Å². The fraction of sp³-hybridized carbons (Fsp3) is 0.533.